The molecule has 0 unspecified atom stereocenters. The predicted octanol–water partition coefficient (Wildman–Crippen LogP) is -0.861. The van der Waals surface area contributed by atoms with Crippen molar-refractivity contribution in [3.63, 3.8) is 0 Å². The Kier molecular flexibility index (Phi) is 3.08. The zero-order valence-corrected chi connectivity index (χ0v) is 9.57. The Bertz CT molecular complexity index is 468. The van der Waals surface area contributed by atoms with Gasteiger partial charge in [0.25, 0.3) is 0 Å². The van der Waals surface area contributed by atoms with Crippen molar-refractivity contribution in [2.75, 3.05) is 31.1 Å². The van der Waals surface area contributed by atoms with Gasteiger partial charge in [0.05, 0.1) is 0 Å². The molecule has 1 aromatic rings. The van der Waals surface area contributed by atoms with Crippen LogP contribution in [0.25, 0.3) is 0 Å². The molecule has 6 nitrogen and oxygen atoms in total. The number of sulfonamides is 1. The van der Waals surface area contributed by atoms with Crippen molar-refractivity contribution in [1.29, 1.82) is 0 Å². The van der Waals surface area contributed by atoms with E-state index in [1.807, 2.05) is 4.90 Å². The first-order valence-electron chi connectivity index (χ1n) is 5.02. The van der Waals surface area contributed by atoms with E-state index in [4.69, 9.17) is 5.14 Å². The molecule has 3 N–H and O–H groups in total. The lowest BCUT2D eigenvalue weighted by Gasteiger charge is -2.29. The monoisotopic (exact) mass is 242 g/mol. The summed E-state index contributed by atoms with van der Waals surface area (Å²) in [7, 11) is -3.71. The fraction of sp³-hybridized carbons (Fsp3) is 0.444. The molecule has 7 heteroatoms. The van der Waals surface area contributed by atoms with Gasteiger partial charge in [-0.1, -0.05) is 0 Å². The lowest BCUT2D eigenvalue weighted by molar-refractivity contribution is 0.576. The van der Waals surface area contributed by atoms with Crippen LogP contribution in [-0.4, -0.2) is 39.6 Å². The molecule has 2 heterocycles. The normalized spacial score (nSPS) is 17.4. The smallest absolute Gasteiger partial charge is 0.241 e. The molecule has 0 bridgehead atoms. The van der Waals surface area contributed by atoms with Gasteiger partial charge in [-0.2, -0.15) is 0 Å². The second kappa shape index (κ2) is 4.36. The lowest BCUT2D eigenvalue weighted by atomic mass is 10.3. The molecule has 1 aromatic heterocycles. The van der Waals surface area contributed by atoms with Crippen LogP contribution in [0.2, 0.25) is 0 Å². The largest absolute Gasteiger partial charge is 0.353 e. The van der Waals surface area contributed by atoms with Crippen molar-refractivity contribution in [2.24, 2.45) is 5.14 Å². The molecule has 0 amide bonds. The molecule has 88 valence electrons. The van der Waals surface area contributed by atoms with Gasteiger partial charge >= 0.3 is 0 Å². The van der Waals surface area contributed by atoms with Crippen LogP contribution in [0.15, 0.2) is 23.2 Å². The van der Waals surface area contributed by atoms with Crippen molar-refractivity contribution in [3.05, 3.63) is 18.3 Å². The molecule has 2 rings (SSSR count). The molecule has 0 radical (unpaired) electrons. The Morgan fingerprint density at radius 2 is 2.06 bits per heavy atom. The van der Waals surface area contributed by atoms with E-state index >= 15 is 0 Å². The van der Waals surface area contributed by atoms with E-state index in [2.05, 4.69) is 10.3 Å². The van der Waals surface area contributed by atoms with Gasteiger partial charge in [-0.05, 0) is 12.1 Å². The van der Waals surface area contributed by atoms with Crippen LogP contribution in [0, 0.1) is 0 Å². The number of rotatable bonds is 2. The summed E-state index contributed by atoms with van der Waals surface area (Å²) in [5, 5.41) is 8.35. The molecular weight excluding hydrogens is 228 g/mol. The van der Waals surface area contributed by atoms with E-state index < -0.39 is 10.0 Å². The molecule has 1 aliphatic heterocycles. The minimum absolute atomic E-state index is 0.0944. The van der Waals surface area contributed by atoms with Gasteiger partial charge in [0.1, 0.15) is 10.7 Å². The first-order valence-corrected chi connectivity index (χ1v) is 6.57. The number of pyridine rings is 1. The van der Waals surface area contributed by atoms with Gasteiger partial charge in [0, 0.05) is 32.4 Å². The maximum atomic E-state index is 11.4. The summed E-state index contributed by atoms with van der Waals surface area (Å²) in [5.41, 5.74) is 0. The number of nitrogens with zero attached hydrogens (tertiary/aromatic N) is 2. The van der Waals surface area contributed by atoms with Crippen LogP contribution in [0.1, 0.15) is 0 Å². The average Bonchev–Trinajstić information content (AvgIpc) is 2.29. The summed E-state index contributed by atoms with van der Waals surface area (Å²) < 4.78 is 22.8. The molecular formula is C9H14N4O2S. The number of primary sulfonamides is 1. The van der Waals surface area contributed by atoms with Crippen LogP contribution >= 0.6 is 0 Å². The third-order valence-corrected chi connectivity index (χ3v) is 3.41. The summed E-state index contributed by atoms with van der Waals surface area (Å²) in [6.07, 6.45) is 1.58. The molecule has 0 atom stereocenters. The highest BCUT2D eigenvalue weighted by molar-refractivity contribution is 7.89. The van der Waals surface area contributed by atoms with Crippen LogP contribution in [0.4, 0.5) is 5.82 Å². The summed E-state index contributed by atoms with van der Waals surface area (Å²) in [6, 6.07) is 3.06. The van der Waals surface area contributed by atoms with Gasteiger partial charge < -0.3 is 10.2 Å². The van der Waals surface area contributed by atoms with E-state index in [-0.39, 0.29) is 4.90 Å². The van der Waals surface area contributed by atoms with Gasteiger partial charge in [0.15, 0.2) is 0 Å². The molecule has 16 heavy (non-hydrogen) atoms. The molecule has 1 fully saturated rings. The second-order valence-electron chi connectivity index (χ2n) is 3.61. The number of aromatic nitrogens is 1. The van der Waals surface area contributed by atoms with E-state index in [0.717, 1.165) is 26.2 Å². The minimum atomic E-state index is -3.71. The van der Waals surface area contributed by atoms with E-state index in [1.54, 1.807) is 12.3 Å². The highest BCUT2D eigenvalue weighted by Crippen LogP contribution is 2.20. The second-order valence-corrected chi connectivity index (χ2v) is 5.14. The SMILES string of the molecule is NS(=O)(=O)c1cccnc1N1CCNCC1. The Hall–Kier alpha value is -1.18. The van der Waals surface area contributed by atoms with Crippen LogP contribution in [-0.2, 0) is 10.0 Å². The quantitative estimate of drug-likeness (QED) is 0.704. The first kappa shape index (κ1) is 11.3. The molecule has 0 aliphatic carbocycles. The number of anilines is 1. The number of nitrogens with one attached hydrogen (secondary N) is 1. The Balaban J connectivity index is 2.40. The van der Waals surface area contributed by atoms with Crippen molar-refractivity contribution in [3.8, 4) is 0 Å². The van der Waals surface area contributed by atoms with Crippen molar-refractivity contribution in [1.82, 2.24) is 10.3 Å². The van der Waals surface area contributed by atoms with Gasteiger partial charge in [0.2, 0.25) is 10.0 Å². The van der Waals surface area contributed by atoms with Gasteiger partial charge in [-0.25, -0.2) is 18.5 Å². The molecule has 0 saturated carbocycles. The zero-order chi connectivity index (χ0) is 11.6. The van der Waals surface area contributed by atoms with Gasteiger partial charge in [-0.3, -0.25) is 0 Å². The number of nitrogens with two attached hydrogens (primary N) is 1. The van der Waals surface area contributed by atoms with Crippen LogP contribution in [0.3, 0.4) is 0 Å². The predicted molar refractivity (Wildman–Crippen MR) is 60.7 cm³/mol. The Morgan fingerprint density at radius 1 is 1.38 bits per heavy atom. The molecule has 0 spiro atoms. The van der Waals surface area contributed by atoms with Crippen molar-refractivity contribution in [2.45, 2.75) is 4.90 Å². The number of hydrogen-bond donors (Lipinski definition) is 2. The number of piperazine rings is 1. The summed E-state index contributed by atoms with van der Waals surface area (Å²) >= 11 is 0. The summed E-state index contributed by atoms with van der Waals surface area (Å²) in [4.78, 5) is 6.13. The first-order chi connectivity index (χ1) is 7.59. The zero-order valence-electron chi connectivity index (χ0n) is 8.76. The topological polar surface area (TPSA) is 88.3 Å². The summed E-state index contributed by atoms with van der Waals surface area (Å²) in [6.45, 7) is 3.11. The maximum absolute atomic E-state index is 11.4. The third kappa shape index (κ3) is 2.31. The van der Waals surface area contributed by atoms with Crippen molar-refractivity contribution < 1.29 is 8.42 Å². The summed E-state index contributed by atoms with van der Waals surface area (Å²) in [5.74, 6) is 0.450. The van der Waals surface area contributed by atoms with Crippen LogP contribution < -0.4 is 15.4 Å². The average molecular weight is 242 g/mol. The third-order valence-electron chi connectivity index (χ3n) is 2.47. The fourth-order valence-corrected chi connectivity index (χ4v) is 2.42. The highest BCUT2D eigenvalue weighted by Gasteiger charge is 2.20. The fourth-order valence-electron chi connectivity index (χ4n) is 1.72. The van der Waals surface area contributed by atoms with Gasteiger partial charge in [-0.15, -0.1) is 0 Å². The standard InChI is InChI=1S/C9H14N4O2S/c10-16(14,15)8-2-1-3-12-9(8)13-6-4-11-5-7-13/h1-3,11H,4-7H2,(H2,10,14,15). The van der Waals surface area contributed by atoms with Crippen molar-refractivity contribution >= 4 is 15.8 Å². The molecule has 1 aliphatic rings. The Labute approximate surface area is 94.5 Å². The molecule has 1 saturated heterocycles. The highest BCUT2D eigenvalue weighted by atomic mass is 32.2. The Morgan fingerprint density at radius 3 is 2.69 bits per heavy atom. The molecule has 0 aromatic carbocycles. The number of hydrogen-bond acceptors (Lipinski definition) is 5. The minimum Gasteiger partial charge on any atom is -0.353 e. The maximum Gasteiger partial charge on any atom is 0.241 e. The van der Waals surface area contributed by atoms with E-state index in [9.17, 15) is 8.42 Å². The van der Waals surface area contributed by atoms with E-state index in [0.29, 0.717) is 5.82 Å². The lowest BCUT2D eigenvalue weighted by Crippen LogP contribution is -2.44. The van der Waals surface area contributed by atoms with E-state index in [1.165, 1.54) is 6.07 Å². The van der Waals surface area contributed by atoms with Crippen LogP contribution in [0.5, 0.6) is 0 Å².